The number of aldehydes is 1. The quantitative estimate of drug-likeness (QED) is 0.680. The number of benzene rings is 1. The molecule has 78 valence electrons. The van der Waals surface area contributed by atoms with Gasteiger partial charge in [0.05, 0.1) is 5.56 Å². The van der Waals surface area contributed by atoms with Crippen molar-refractivity contribution in [2.45, 2.75) is 6.92 Å². The zero-order valence-electron chi connectivity index (χ0n) is 8.73. The summed E-state index contributed by atoms with van der Waals surface area (Å²) in [6.07, 6.45) is 4.41. The maximum atomic E-state index is 10.9. The SMILES string of the molecule is CC1=Cc2cccc3oc(C=O)c(c23)C=N1. The van der Waals surface area contributed by atoms with Crippen LogP contribution in [0.4, 0.5) is 0 Å². The topological polar surface area (TPSA) is 42.6 Å². The lowest BCUT2D eigenvalue weighted by molar-refractivity contribution is 0.110. The van der Waals surface area contributed by atoms with Crippen molar-refractivity contribution in [3.05, 3.63) is 40.8 Å². The fraction of sp³-hybridized carbons (Fsp3) is 0.0769. The molecule has 3 rings (SSSR count). The first-order chi connectivity index (χ1) is 7.79. The van der Waals surface area contributed by atoms with Crippen molar-refractivity contribution >= 4 is 29.5 Å². The summed E-state index contributed by atoms with van der Waals surface area (Å²) in [6.45, 7) is 1.93. The van der Waals surface area contributed by atoms with Gasteiger partial charge in [0.2, 0.25) is 0 Å². The van der Waals surface area contributed by atoms with E-state index in [1.54, 1.807) is 6.21 Å². The molecule has 0 saturated heterocycles. The molecule has 1 aromatic carbocycles. The minimum absolute atomic E-state index is 0.342. The van der Waals surface area contributed by atoms with Crippen LogP contribution in [0.5, 0.6) is 0 Å². The van der Waals surface area contributed by atoms with E-state index in [4.69, 9.17) is 4.42 Å². The molecule has 1 aliphatic heterocycles. The van der Waals surface area contributed by atoms with Crippen molar-refractivity contribution < 1.29 is 9.21 Å². The summed E-state index contributed by atoms with van der Waals surface area (Å²) in [5.41, 5.74) is 3.46. The van der Waals surface area contributed by atoms with Gasteiger partial charge in [-0.1, -0.05) is 12.1 Å². The van der Waals surface area contributed by atoms with Crippen LogP contribution < -0.4 is 0 Å². The summed E-state index contributed by atoms with van der Waals surface area (Å²) in [7, 11) is 0. The Morgan fingerprint density at radius 1 is 1.38 bits per heavy atom. The van der Waals surface area contributed by atoms with Gasteiger partial charge >= 0.3 is 0 Å². The second-order valence-corrected chi connectivity index (χ2v) is 3.76. The van der Waals surface area contributed by atoms with Gasteiger partial charge in [0.1, 0.15) is 5.58 Å². The molecule has 16 heavy (non-hydrogen) atoms. The Morgan fingerprint density at radius 3 is 3.06 bits per heavy atom. The van der Waals surface area contributed by atoms with E-state index in [1.165, 1.54) is 0 Å². The number of allylic oxidation sites excluding steroid dienone is 1. The molecule has 3 nitrogen and oxygen atoms in total. The number of carbonyl (C=O) groups is 1. The molecule has 1 aromatic heterocycles. The van der Waals surface area contributed by atoms with Crippen LogP contribution >= 0.6 is 0 Å². The fourth-order valence-corrected chi connectivity index (χ4v) is 1.98. The third-order valence-corrected chi connectivity index (χ3v) is 2.68. The average molecular weight is 211 g/mol. The zero-order chi connectivity index (χ0) is 11.1. The van der Waals surface area contributed by atoms with Crippen LogP contribution in [-0.2, 0) is 0 Å². The second kappa shape index (κ2) is 3.17. The number of hydrogen-bond donors (Lipinski definition) is 0. The highest BCUT2D eigenvalue weighted by Gasteiger charge is 2.16. The van der Waals surface area contributed by atoms with Gasteiger partial charge in [-0.3, -0.25) is 9.79 Å². The Balaban J connectivity index is 2.50. The first kappa shape index (κ1) is 9.09. The Labute approximate surface area is 92.1 Å². The van der Waals surface area contributed by atoms with Gasteiger partial charge in [0.15, 0.2) is 12.0 Å². The molecular formula is C13H9NO2. The summed E-state index contributed by atoms with van der Waals surface area (Å²) in [4.78, 5) is 15.2. The van der Waals surface area contributed by atoms with E-state index in [0.29, 0.717) is 5.76 Å². The van der Waals surface area contributed by atoms with Crippen LogP contribution in [0.3, 0.4) is 0 Å². The Bertz CT molecular complexity index is 647. The zero-order valence-corrected chi connectivity index (χ0v) is 8.73. The molecule has 0 N–H and O–H groups in total. The molecular weight excluding hydrogens is 202 g/mol. The molecule has 0 unspecified atom stereocenters. The lowest BCUT2D eigenvalue weighted by Crippen LogP contribution is -1.85. The molecule has 0 amide bonds. The molecule has 0 radical (unpaired) electrons. The van der Waals surface area contributed by atoms with Gasteiger partial charge in [-0.15, -0.1) is 0 Å². The molecule has 2 heterocycles. The molecule has 1 aliphatic rings. The minimum atomic E-state index is 0.342. The number of hydrogen-bond acceptors (Lipinski definition) is 3. The molecule has 0 saturated carbocycles. The van der Waals surface area contributed by atoms with Gasteiger partial charge in [0.25, 0.3) is 0 Å². The number of nitrogens with zero attached hydrogens (tertiary/aromatic N) is 1. The Kier molecular flexibility index (Phi) is 1.80. The van der Waals surface area contributed by atoms with Crippen molar-refractivity contribution in [1.29, 1.82) is 0 Å². The van der Waals surface area contributed by atoms with Gasteiger partial charge in [0, 0.05) is 17.3 Å². The fourth-order valence-electron chi connectivity index (χ4n) is 1.98. The van der Waals surface area contributed by atoms with E-state index >= 15 is 0 Å². The smallest absolute Gasteiger partial charge is 0.186 e. The lowest BCUT2D eigenvalue weighted by Gasteiger charge is -1.95. The number of aliphatic imine (C=N–C) groups is 1. The van der Waals surface area contributed by atoms with Crippen LogP contribution in [0.1, 0.15) is 28.6 Å². The highest BCUT2D eigenvalue weighted by molar-refractivity contribution is 6.08. The van der Waals surface area contributed by atoms with Crippen molar-refractivity contribution in [1.82, 2.24) is 0 Å². The summed E-state index contributed by atoms with van der Waals surface area (Å²) in [5, 5.41) is 0.963. The molecule has 2 aromatic rings. The van der Waals surface area contributed by atoms with Crippen LogP contribution in [0.15, 0.2) is 33.3 Å². The molecule has 0 aliphatic carbocycles. The van der Waals surface area contributed by atoms with E-state index in [2.05, 4.69) is 4.99 Å². The molecule has 0 fully saturated rings. The highest BCUT2D eigenvalue weighted by Crippen LogP contribution is 2.30. The largest absolute Gasteiger partial charge is 0.453 e. The predicted molar refractivity (Wildman–Crippen MR) is 62.8 cm³/mol. The van der Waals surface area contributed by atoms with Crippen molar-refractivity contribution in [2.24, 2.45) is 4.99 Å². The number of rotatable bonds is 1. The van der Waals surface area contributed by atoms with Crippen LogP contribution in [0, 0.1) is 0 Å². The summed E-state index contributed by atoms with van der Waals surface area (Å²) in [5.74, 6) is 0.342. The predicted octanol–water partition coefficient (Wildman–Crippen LogP) is 3.04. The standard InChI is InChI=1S/C13H9NO2/c1-8-5-9-3-2-4-11-13(9)10(6-14-8)12(7-15)16-11/h2-7H,1H3. The molecule has 3 heteroatoms. The van der Waals surface area contributed by atoms with Crippen LogP contribution in [-0.4, -0.2) is 12.5 Å². The summed E-state index contributed by atoms with van der Waals surface area (Å²) < 4.78 is 5.46. The van der Waals surface area contributed by atoms with E-state index in [0.717, 1.165) is 34.1 Å². The third kappa shape index (κ3) is 1.15. The number of furan rings is 1. The first-order valence-corrected chi connectivity index (χ1v) is 5.02. The first-order valence-electron chi connectivity index (χ1n) is 5.02. The van der Waals surface area contributed by atoms with Gasteiger partial charge < -0.3 is 4.42 Å². The maximum Gasteiger partial charge on any atom is 0.186 e. The monoisotopic (exact) mass is 211 g/mol. The maximum absolute atomic E-state index is 10.9. The van der Waals surface area contributed by atoms with Gasteiger partial charge in [-0.05, 0) is 24.6 Å². The molecule has 0 bridgehead atoms. The van der Waals surface area contributed by atoms with Crippen molar-refractivity contribution in [3.63, 3.8) is 0 Å². The minimum Gasteiger partial charge on any atom is -0.453 e. The van der Waals surface area contributed by atoms with E-state index < -0.39 is 0 Å². The van der Waals surface area contributed by atoms with Gasteiger partial charge in [-0.25, -0.2) is 0 Å². The molecule has 0 spiro atoms. The van der Waals surface area contributed by atoms with Gasteiger partial charge in [-0.2, -0.15) is 0 Å². The lowest BCUT2D eigenvalue weighted by atomic mass is 10.1. The highest BCUT2D eigenvalue weighted by atomic mass is 16.3. The summed E-state index contributed by atoms with van der Waals surface area (Å²) in [6, 6.07) is 5.76. The van der Waals surface area contributed by atoms with Crippen molar-refractivity contribution in [2.75, 3.05) is 0 Å². The normalized spacial score (nSPS) is 13.7. The van der Waals surface area contributed by atoms with Crippen molar-refractivity contribution in [3.8, 4) is 0 Å². The van der Waals surface area contributed by atoms with E-state index in [-0.39, 0.29) is 0 Å². The Morgan fingerprint density at radius 2 is 2.25 bits per heavy atom. The van der Waals surface area contributed by atoms with E-state index in [9.17, 15) is 4.79 Å². The average Bonchev–Trinajstić information content (AvgIpc) is 2.55. The van der Waals surface area contributed by atoms with Crippen LogP contribution in [0.2, 0.25) is 0 Å². The van der Waals surface area contributed by atoms with Crippen LogP contribution in [0.25, 0.3) is 17.0 Å². The number of carbonyl (C=O) groups excluding carboxylic acids is 1. The summed E-state index contributed by atoms with van der Waals surface area (Å²) >= 11 is 0. The third-order valence-electron chi connectivity index (χ3n) is 2.68. The van der Waals surface area contributed by atoms with E-state index in [1.807, 2.05) is 31.2 Å². The Hall–Kier alpha value is -2.16. The second-order valence-electron chi connectivity index (χ2n) is 3.76. The molecule has 0 atom stereocenters.